The zero-order chi connectivity index (χ0) is 17.1. The van der Waals surface area contributed by atoms with E-state index in [1.165, 1.54) is 0 Å². The van der Waals surface area contributed by atoms with Crippen molar-refractivity contribution < 1.29 is 14.3 Å². The Morgan fingerprint density at radius 2 is 1.83 bits per heavy atom. The van der Waals surface area contributed by atoms with Gasteiger partial charge in [-0.2, -0.15) is 0 Å². The lowest BCUT2D eigenvalue weighted by molar-refractivity contribution is -0.128. The number of carbonyl (C=O) groups is 1. The van der Waals surface area contributed by atoms with Gasteiger partial charge in [-0.1, -0.05) is 54.1 Å². The number of hydrogen-bond acceptors (Lipinski definition) is 3. The summed E-state index contributed by atoms with van der Waals surface area (Å²) >= 11 is 6.32. The molecule has 3 nitrogen and oxygen atoms in total. The molecule has 0 radical (unpaired) electrons. The molecule has 4 heteroatoms. The molecule has 0 heterocycles. The van der Waals surface area contributed by atoms with Crippen LogP contribution in [0.3, 0.4) is 0 Å². The van der Waals surface area contributed by atoms with Crippen LogP contribution in [0.25, 0.3) is 10.8 Å². The third-order valence-corrected chi connectivity index (χ3v) is 3.78. The molecule has 3 aromatic rings. The summed E-state index contributed by atoms with van der Waals surface area (Å²) in [4.78, 5) is 11.6. The fourth-order valence-electron chi connectivity index (χ4n) is 2.39. The Morgan fingerprint density at radius 3 is 2.54 bits per heavy atom. The highest BCUT2D eigenvalue weighted by Crippen LogP contribution is 2.41. The zero-order valence-corrected chi connectivity index (χ0v) is 13.8. The van der Waals surface area contributed by atoms with Gasteiger partial charge in [0.25, 0.3) is 0 Å². The summed E-state index contributed by atoms with van der Waals surface area (Å²) < 4.78 is 11.3. The SMILES string of the molecule is C=CC(=O)Oc1c(Cl)cc(Oc2ccccc2)c2cc(C)ccc12. The molecular weight excluding hydrogens is 324 g/mol. The van der Waals surface area contributed by atoms with Crippen molar-refractivity contribution in [1.29, 1.82) is 0 Å². The lowest BCUT2D eigenvalue weighted by Gasteiger charge is -2.14. The number of halogens is 1. The van der Waals surface area contributed by atoms with Gasteiger partial charge in [-0.25, -0.2) is 4.79 Å². The Balaban J connectivity index is 2.16. The van der Waals surface area contributed by atoms with E-state index in [1.54, 1.807) is 6.07 Å². The molecular formula is C20H15ClO3. The lowest BCUT2D eigenvalue weighted by atomic mass is 10.1. The van der Waals surface area contributed by atoms with Gasteiger partial charge in [-0.15, -0.1) is 0 Å². The smallest absolute Gasteiger partial charge is 0.335 e. The summed E-state index contributed by atoms with van der Waals surface area (Å²) in [5.74, 6) is 1.04. The van der Waals surface area contributed by atoms with Crippen LogP contribution in [0.15, 0.2) is 67.3 Å². The maximum atomic E-state index is 11.6. The second-order valence-corrected chi connectivity index (χ2v) is 5.68. The molecule has 0 aliphatic rings. The van der Waals surface area contributed by atoms with Gasteiger partial charge in [0.05, 0.1) is 5.02 Å². The van der Waals surface area contributed by atoms with Crippen LogP contribution in [-0.2, 0) is 4.79 Å². The van der Waals surface area contributed by atoms with Crippen LogP contribution in [0.5, 0.6) is 17.2 Å². The van der Waals surface area contributed by atoms with Crippen molar-refractivity contribution >= 4 is 28.3 Å². The molecule has 0 saturated heterocycles. The first kappa shape index (κ1) is 16.1. The first-order chi connectivity index (χ1) is 11.6. The predicted octanol–water partition coefficient (Wildman–Crippen LogP) is 5.69. The topological polar surface area (TPSA) is 35.5 Å². The fraction of sp³-hybridized carbons (Fsp3) is 0.0500. The van der Waals surface area contributed by atoms with Gasteiger partial charge in [-0.05, 0) is 25.1 Å². The van der Waals surface area contributed by atoms with Gasteiger partial charge in [0.15, 0.2) is 5.75 Å². The monoisotopic (exact) mass is 338 g/mol. The Kier molecular flexibility index (Phi) is 4.54. The summed E-state index contributed by atoms with van der Waals surface area (Å²) in [6.45, 7) is 5.39. The maximum absolute atomic E-state index is 11.6. The van der Waals surface area contributed by atoms with Gasteiger partial charge >= 0.3 is 5.97 Å². The quantitative estimate of drug-likeness (QED) is 0.348. The van der Waals surface area contributed by atoms with E-state index < -0.39 is 5.97 Å². The number of para-hydroxylation sites is 1. The normalized spacial score (nSPS) is 10.4. The summed E-state index contributed by atoms with van der Waals surface area (Å²) in [5, 5.41) is 1.82. The van der Waals surface area contributed by atoms with Crippen LogP contribution < -0.4 is 9.47 Å². The number of esters is 1. The number of carbonyl (C=O) groups excluding carboxylic acids is 1. The highest BCUT2D eigenvalue weighted by Gasteiger charge is 2.16. The second kappa shape index (κ2) is 6.77. The molecule has 0 aliphatic heterocycles. The van der Waals surface area contributed by atoms with E-state index in [1.807, 2.05) is 55.5 Å². The predicted molar refractivity (Wildman–Crippen MR) is 96.0 cm³/mol. The molecule has 0 spiro atoms. The van der Waals surface area contributed by atoms with Crippen molar-refractivity contribution in [1.82, 2.24) is 0 Å². The molecule has 3 rings (SSSR count). The number of hydrogen-bond donors (Lipinski definition) is 0. The van der Waals surface area contributed by atoms with E-state index in [-0.39, 0.29) is 0 Å². The third-order valence-electron chi connectivity index (χ3n) is 3.50. The summed E-state index contributed by atoms with van der Waals surface area (Å²) in [6, 6.07) is 16.8. The van der Waals surface area contributed by atoms with Crippen molar-refractivity contribution in [3.05, 3.63) is 77.8 Å². The van der Waals surface area contributed by atoms with E-state index in [0.29, 0.717) is 27.7 Å². The summed E-state index contributed by atoms with van der Waals surface area (Å²) in [7, 11) is 0. The van der Waals surface area contributed by atoms with E-state index in [2.05, 4.69) is 6.58 Å². The molecule has 0 bridgehead atoms. The minimum Gasteiger partial charge on any atom is -0.457 e. The molecule has 0 aliphatic carbocycles. The zero-order valence-electron chi connectivity index (χ0n) is 13.1. The van der Waals surface area contributed by atoms with Crippen LogP contribution in [-0.4, -0.2) is 5.97 Å². The first-order valence-corrected chi connectivity index (χ1v) is 7.76. The largest absolute Gasteiger partial charge is 0.457 e. The molecule has 0 atom stereocenters. The number of aryl methyl sites for hydroxylation is 1. The third kappa shape index (κ3) is 3.26. The Bertz CT molecular complexity index is 917. The molecule has 120 valence electrons. The molecule has 0 fully saturated rings. The first-order valence-electron chi connectivity index (χ1n) is 7.38. The van der Waals surface area contributed by atoms with E-state index in [9.17, 15) is 4.79 Å². The standard InChI is InChI=1S/C20H15ClO3/c1-3-19(22)24-20-15-10-9-13(2)11-16(15)18(12-17(20)21)23-14-7-5-4-6-8-14/h3-12H,1H2,2H3. The molecule has 0 N–H and O–H groups in total. The number of rotatable bonds is 4. The molecule has 3 aromatic carbocycles. The molecule has 24 heavy (non-hydrogen) atoms. The van der Waals surface area contributed by atoms with Crippen molar-refractivity contribution in [2.45, 2.75) is 6.92 Å². The molecule has 0 aromatic heterocycles. The Labute approximate surface area is 145 Å². The summed E-state index contributed by atoms with van der Waals surface area (Å²) in [6.07, 6.45) is 1.10. The molecule has 0 saturated carbocycles. The Morgan fingerprint density at radius 1 is 1.08 bits per heavy atom. The average molecular weight is 339 g/mol. The van der Waals surface area contributed by atoms with E-state index in [4.69, 9.17) is 21.1 Å². The van der Waals surface area contributed by atoms with Crippen molar-refractivity contribution in [2.24, 2.45) is 0 Å². The van der Waals surface area contributed by atoms with Crippen molar-refractivity contribution in [3.8, 4) is 17.2 Å². The second-order valence-electron chi connectivity index (χ2n) is 5.28. The van der Waals surface area contributed by atoms with E-state index in [0.717, 1.165) is 17.0 Å². The highest BCUT2D eigenvalue weighted by molar-refractivity contribution is 6.34. The van der Waals surface area contributed by atoms with Gasteiger partial charge < -0.3 is 9.47 Å². The van der Waals surface area contributed by atoms with Gasteiger partial charge in [0.2, 0.25) is 0 Å². The van der Waals surface area contributed by atoms with Crippen LogP contribution >= 0.6 is 11.6 Å². The van der Waals surface area contributed by atoms with Gasteiger partial charge in [-0.3, -0.25) is 0 Å². The number of ether oxygens (including phenoxy) is 2. The minimum absolute atomic E-state index is 0.299. The van der Waals surface area contributed by atoms with Crippen LogP contribution in [0, 0.1) is 6.92 Å². The Hall–Kier alpha value is -2.78. The molecule has 0 unspecified atom stereocenters. The van der Waals surface area contributed by atoms with Gasteiger partial charge in [0, 0.05) is 22.9 Å². The summed E-state index contributed by atoms with van der Waals surface area (Å²) in [5.41, 5.74) is 1.06. The minimum atomic E-state index is -0.560. The van der Waals surface area contributed by atoms with Gasteiger partial charge in [0.1, 0.15) is 11.5 Å². The average Bonchev–Trinajstić information content (AvgIpc) is 2.59. The molecule has 0 amide bonds. The fourth-order valence-corrected chi connectivity index (χ4v) is 2.63. The maximum Gasteiger partial charge on any atom is 0.335 e. The van der Waals surface area contributed by atoms with Crippen LogP contribution in [0.4, 0.5) is 0 Å². The lowest BCUT2D eigenvalue weighted by Crippen LogP contribution is -2.04. The number of benzene rings is 3. The van der Waals surface area contributed by atoms with Crippen LogP contribution in [0.2, 0.25) is 5.02 Å². The number of fused-ring (bicyclic) bond motifs is 1. The van der Waals surface area contributed by atoms with Crippen molar-refractivity contribution in [3.63, 3.8) is 0 Å². The van der Waals surface area contributed by atoms with Crippen LogP contribution in [0.1, 0.15) is 5.56 Å². The highest BCUT2D eigenvalue weighted by atomic mass is 35.5. The van der Waals surface area contributed by atoms with Crippen molar-refractivity contribution in [2.75, 3.05) is 0 Å². The van der Waals surface area contributed by atoms with E-state index >= 15 is 0 Å².